The van der Waals surface area contributed by atoms with E-state index in [0.717, 1.165) is 34.1 Å². The van der Waals surface area contributed by atoms with Crippen molar-refractivity contribution in [1.82, 2.24) is 34.5 Å². The van der Waals surface area contributed by atoms with Gasteiger partial charge >= 0.3 is 18.2 Å². The number of benzene rings is 6. The fourth-order valence-electron chi connectivity index (χ4n) is 10.0. The number of nitrogens with one attached hydrogen (secondary N) is 3. The van der Waals surface area contributed by atoms with E-state index in [9.17, 15) is 39.6 Å². The number of hydrogen-bond donors (Lipinski definition) is 4. The van der Waals surface area contributed by atoms with E-state index in [1.165, 1.54) is 46.5 Å². The Hall–Kier alpha value is -8.72. The van der Waals surface area contributed by atoms with Crippen molar-refractivity contribution in [1.29, 1.82) is 0 Å². The molecule has 96 heavy (non-hydrogen) atoms. The largest absolute Gasteiger partial charge is 0.446 e. The first-order valence-electron chi connectivity index (χ1n) is 30.1. The van der Waals surface area contributed by atoms with Gasteiger partial charge in [0.05, 0.1) is 9.79 Å². The molecule has 4 aromatic heterocycles. The molecule has 0 radical (unpaired) electrons. The molecule has 500 valence electrons. The fraction of sp³-hybridized carbons (Fsp3) is 0.214. The lowest BCUT2D eigenvalue weighted by molar-refractivity contribution is -0.156. The van der Waals surface area contributed by atoms with E-state index in [4.69, 9.17) is 33.1 Å². The maximum atomic E-state index is 13.8. The summed E-state index contributed by atoms with van der Waals surface area (Å²) < 4.78 is 83.4. The average molecular weight is 1420 g/mol. The van der Waals surface area contributed by atoms with Crippen molar-refractivity contribution in [2.24, 2.45) is 5.14 Å². The molecular weight excluding hydrogens is 1350 g/mol. The molecule has 0 aliphatic rings. The van der Waals surface area contributed by atoms with Gasteiger partial charge in [-0.1, -0.05) is 204 Å². The van der Waals surface area contributed by atoms with Crippen LogP contribution in [0.3, 0.4) is 0 Å². The molecular formula is C70H69Cl2F3N10O7S4. The van der Waals surface area contributed by atoms with E-state index in [0.29, 0.717) is 93.3 Å². The summed E-state index contributed by atoms with van der Waals surface area (Å²) >= 11 is 15.4. The molecule has 0 atom stereocenters. The highest BCUT2D eigenvalue weighted by Gasteiger charge is 2.27. The normalized spacial score (nSPS) is 11.6. The Kier molecular flexibility index (Phi) is 26.1. The number of rotatable bonds is 23. The molecule has 4 amide bonds. The molecule has 4 heterocycles. The van der Waals surface area contributed by atoms with Crippen LogP contribution in [0.5, 0.6) is 0 Å². The number of halogens is 5. The number of carbonyl (C=O) groups excluding carboxylic acids is 3. The number of pyridine rings is 2. The minimum Gasteiger partial charge on any atom is -0.324 e. The molecule has 10 rings (SSSR count). The number of anilines is 2. The summed E-state index contributed by atoms with van der Waals surface area (Å²) in [7, 11) is -7.51. The topological polar surface area (TPSA) is 240 Å². The van der Waals surface area contributed by atoms with E-state index in [1.807, 2.05) is 109 Å². The maximum Gasteiger partial charge on any atom is 0.446 e. The monoisotopic (exact) mass is 1420 g/mol. The molecule has 5 N–H and O–H groups in total. The van der Waals surface area contributed by atoms with E-state index in [2.05, 4.69) is 83.8 Å². The Balaban J connectivity index is 0.000000227. The minimum atomic E-state index is -4.64. The Labute approximate surface area is 574 Å². The summed E-state index contributed by atoms with van der Waals surface area (Å²) in [6, 6.07) is 64.5. The molecule has 0 aliphatic carbocycles. The third-order valence-electron chi connectivity index (χ3n) is 14.6. The van der Waals surface area contributed by atoms with Gasteiger partial charge in [-0.15, -0.1) is 0 Å². The number of nitrogens with two attached hydrogens (primary N) is 1. The lowest BCUT2D eigenvalue weighted by Crippen LogP contribution is -2.40. The first kappa shape index (κ1) is 73.1. The summed E-state index contributed by atoms with van der Waals surface area (Å²) in [5.74, 6) is 0.211. The van der Waals surface area contributed by atoms with Gasteiger partial charge < -0.3 is 9.80 Å². The van der Waals surface area contributed by atoms with Crippen molar-refractivity contribution in [2.75, 3.05) is 36.8 Å². The van der Waals surface area contributed by atoms with Crippen molar-refractivity contribution < 1.29 is 44.4 Å². The number of primary sulfonamides is 1. The third-order valence-corrected chi connectivity index (χ3v) is 19.6. The number of aldehydes is 1. The predicted octanol–water partition coefficient (Wildman–Crippen LogP) is 15.8. The Bertz CT molecular complexity index is 4260. The van der Waals surface area contributed by atoms with Gasteiger partial charge in [0.1, 0.15) is 20.1 Å². The SMILES string of the molecule is CC(C)(C)NS(=O)(=O)c1ccc(-c2nc(NC(=O)N(CCc3ccccn3)CCC(c3ccccc3)c3ccccc3)sc2Cl)cc1.NS(=O)(=O)c1ccc(-c2nc(NC(=O)N(CCc3ccccn3)CCC(c3ccccc3)c3ccccc3)sc2Cl)cc1.O=CC(F)(F)F. The van der Waals surface area contributed by atoms with Crippen LogP contribution in [-0.4, -0.2) is 103 Å². The number of thiazole rings is 2. The molecule has 0 saturated carbocycles. The molecule has 0 aliphatic heterocycles. The standard InChI is InChI=1S/C36H38ClN5O3S2.C32H30ClN5O3S2.C2HF3O/c1-36(2,3)41-47(44,45)30-19-17-28(18-20-30)32-33(37)46-34(39-32)40-35(43)42(24-21-29-16-10-11-23-38-29)25-22-31(26-12-6-4-7-13-26)27-14-8-5-9-15-27;33-30-29(25-14-16-27(17-15-25)43(34,40)41)36-31(42-30)37-32(39)38(21-18-26-13-7-8-20-35-26)22-19-28(23-9-3-1-4-10-23)24-11-5-2-6-12-24;3-2(4,5)1-6/h4-20,23,31,41H,21-22,24-25H2,1-3H3,(H,39,40,43);1-17,20,28H,18-19,21-22H2,(H2,34,40,41)(H,36,37,39);1H. The molecule has 26 heteroatoms. The van der Waals surface area contributed by atoms with Crippen molar-refractivity contribution >= 4 is 94.5 Å². The van der Waals surface area contributed by atoms with Crippen molar-refractivity contribution in [2.45, 2.75) is 79.8 Å². The van der Waals surface area contributed by atoms with E-state index in [1.54, 1.807) is 67.2 Å². The van der Waals surface area contributed by atoms with Gasteiger partial charge in [-0.25, -0.2) is 46.3 Å². The zero-order valence-electron chi connectivity index (χ0n) is 52.3. The Morgan fingerprint density at radius 2 is 0.854 bits per heavy atom. The third kappa shape index (κ3) is 22.4. The van der Waals surface area contributed by atoms with Crippen LogP contribution in [0.25, 0.3) is 22.5 Å². The highest BCUT2D eigenvalue weighted by molar-refractivity contribution is 7.89. The first-order chi connectivity index (χ1) is 45.8. The van der Waals surface area contributed by atoms with Crippen LogP contribution in [0.4, 0.5) is 33.0 Å². The molecule has 0 fully saturated rings. The smallest absolute Gasteiger partial charge is 0.324 e. The van der Waals surface area contributed by atoms with Gasteiger partial charge in [-0.3, -0.25) is 25.4 Å². The number of aromatic nitrogens is 4. The summed E-state index contributed by atoms with van der Waals surface area (Å²) in [6.07, 6.45) is 0.413. The lowest BCUT2D eigenvalue weighted by Gasteiger charge is -2.26. The van der Waals surface area contributed by atoms with Crippen LogP contribution in [0.15, 0.2) is 228 Å². The second-order valence-corrected chi connectivity index (χ2v) is 29.1. The molecule has 0 spiro atoms. The minimum absolute atomic E-state index is 0.0102. The van der Waals surface area contributed by atoms with Crippen molar-refractivity contribution in [3.05, 3.63) is 261 Å². The number of amides is 4. The Morgan fingerprint density at radius 1 is 0.521 bits per heavy atom. The summed E-state index contributed by atoms with van der Waals surface area (Å²) in [6.45, 7) is 7.27. The van der Waals surface area contributed by atoms with Gasteiger partial charge in [-0.05, 0) is 104 Å². The zero-order chi connectivity index (χ0) is 68.9. The predicted molar refractivity (Wildman–Crippen MR) is 374 cm³/mol. The highest BCUT2D eigenvalue weighted by Crippen LogP contribution is 2.38. The van der Waals surface area contributed by atoms with Crippen molar-refractivity contribution in [3.8, 4) is 22.5 Å². The fourth-order valence-corrected chi connectivity index (χ4v) is 14.1. The zero-order valence-corrected chi connectivity index (χ0v) is 57.1. The summed E-state index contributed by atoms with van der Waals surface area (Å²) in [4.78, 5) is 57.9. The van der Waals surface area contributed by atoms with Gasteiger partial charge in [0, 0.05) is 91.3 Å². The number of nitrogens with zero attached hydrogens (tertiary/aromatic N) is 6. The molecule has 0 bridgehead atoms. The van der Waals surface area contributed by atoms with Crippen LogP contribution in [0, 0.1) is 0 Å². The van der Waals surface area contributed by atoms with E-state index >= 15 is 0 Å². The lowest BCUT2D eigenvalue weighted by atomic mass is 9.88. The van der Waals surface area contributed by atoms with Crippen LogP contribution < -0.4 is 20.5 Å². The van der Waals surface area contributed by atoms with Crippen LogP contribution in [0.2, 0.25) is 8.67 Å². The maximum absolute atomic E-state index is 13.8. The molecule has 0 unspecified atom stereocenters. The van der Waals surface area contributed by atoms with Gasteiger partial charge in [-0.2, -0.15) is 13.2 Å². The molecule has 17 nitrogen and oxygen atoms in total. The van der Waals surface area contributed by atoms with Crippen LogP contribution in [0.1, 0.15) is 79.1 Å². The van der Waals surface area contributed by atoms with Crippen molar-refractivity contribution in [3.63, 3.8) is 0 Å². The second kappa shape index (κ2) is 34.3. The number of alkyl halides is 3. The van der Waals surface area contributed by atoms with Crippen LogP contribution in [-0.2, 0) is 37.7 Å². The number of hydrogen-bond acceptors (Lipinski definition) is 13. The first-order valence-corrected chi connectivity index (χ1v) is 35.5. The molecule has 10 aromatic rings. The Morgan fingerprint density at radius 3 is 1.16 bits per heavy atom. The number of sulfonamides is 2. The number of urea groups is 2. The van der Waals surface area contributed by atoms with E-state index < -0.39 is 38.0 Å². The summed E-state index contributed by atoms with van der Waals surface area (Å²) in [5.41, 5.74) is 8.08. The molecule has 0 saturated heterocycles. The highest BCUT2D eigenvalue weighted by atomic mass is 35.5. The number of carbonyl (C=O) groups is 3. The quantitative estimate of drug-likeness (QED) is 0.0439. The van der Waals surface area contributed by atoms with Crippen LogP contribution >= 0.6 is 45.9 Å². The molecule has 6 aromatic carbocycles. The van der Waals surface area contributed by atoms with Gasteiger partial charge in [0.2, 0.25) is 26.3 Å². The summed E-state index contributed by atoms with van der Waals surface area (Å²) in [5, 5.41) is 11.8. The van der Waals surface area contributed by atoms with Gasteiger partial charge in [0.25, 0.3) is 0 Å². The average Bonchev–Trinajstić information content (AvgIpc) is 1.53. The van der Waals surface area contributed by atoms with Gasteiger partial charge in [0.15, 0.2) is 10.3 Å². The second-order valence-electron chi connectivity index (χ2n) is 22.7. The van der Waals surface area contributed by atoms with E-state index in [-0.39, 0.29) is 33.7 Å².